The zero-order valence-corrected chi connectivity index (χ0v) is 8.90. The summed E-state index contributed by atoms with van der Waals surface area (Å²) in [4.78, 5) is 12.9. The molecule has 0 heterocycles. The molecule has 0 radical (unpaired) electrons. The molecule has 1 amide bonds. The van der Waals surface area contributed by atoms with E-state index < -0.39 is 6.10 Å². The Bertz CT molecular complexity index is 196. The van der Waals surface area contributed by atoms with E-state index in [0.29, 0.717) is 6.61 Å². The van der Waals surface area contributed by atoms with E-state index in [1.165, 1.54) is 4.90 Å². The standard InChI is InChI=1S/C10H19NO3/c1-3-14-10(13)11(2)8-6-4-5-7-9(8)12/h8-9,12H,3-7H2,1-2H3. The first-order chi connectivity index (χ1) is 6.66. The number of ether oxygens (including phenoxy) is 1. The zero-order valence-electron chi connectivity index (χ0n) is 8.90. The van der Waals surface area contributed by atoms with E-state index in [1.807, 2.05) is 0 Å². The Morgan fingerprint density at radius 1 is 1.50 bits per heavy atom. The number of amides is 1. The van der Waals surface area contributed by atoms with Gasteiger partial charge in [0, 0.05) is 7.05 Å². The summed E-state index contributed by atoms with van der Waals surface area (Å²) in [7, 11) is 1.69. The van der Waals surface area contributed by atoms with Crippen LogP contribution in [-0.2, 0) is 4.74 Å². The van der Waals surface area contributed by atoms with Gasteiger partial charge in [0.05, 0.1) is 18.8 Å². The summed E-state index contributed by atoms with van der Waals surface area (Å²) in [6, 6.07) is -0.0669. The fraction of sp³-hybridized carbons (Fsp3) is 0.900. The van der Waals surface area contributed by atoms with E-state index in [4.69, 9.17) is 4.74 Å². The molecule has 14 heavy (non-hydrogen) atoms. The molecule has 1 aliphatic carbocycles. The number of carbonyl (C=O) groups is 1. The smallest absolute Gasteiger partial charge is 0.409 e. The van der Waals surface area contributed by atoms with E-state index in [9.17, 15) is 9.90 Å². The van der Waals surface area contributed by atoms with Gasteiger partial charge in [-0.2, -0.15) is 0 Å². The van der Waals surface area contributed by atoms with Crippen LogP contribution in [0.15, 0.2) is 0 Å². The number of aliphatic hydroxyl groups excluding tert-OH is 1. The Morgan fingerprint density at radius 3 is 2.71 bits per heavy atom. The second-order valence-electron chi connectivity index (χ2n) is 3.73. The first kappa shape index (κ1) is 11.3. The van der Waals surface area contributed by atoms with Crippen molar-refractivity contribution in [3.8, 4) is 0 Å². The summed E-state index contributed by atoms with van der Waals surface area (Å²) in [6.45, 7) is 2.16. The molecular formula is C10H19NO3. The van der Waals surface area contributed by atoms with Crippen molar-refractivity contribution in [1.82, 2.24) is 4.90 Å². The van der Waals surface area contributed by atoms with Crippen molar-refractivity contribution in [2.24, 2.45) is 0 Å². The minimum atomic E-state index is -0.391. The van der Waals surface area contributed by atoms with E-state index in [1.54, 1.807) is 14.0 Å². The molecule has 4 heteroatoms. The minimum Gasteiger partial charge on any atom is -0.450 e. The molecule has 1 rings (SSSR count). The summed E-state index contributed by atoms with van der Waals surface area (Å²) in [6.07, 6.45) is 3.06. The van der Waals surface area contributed by atoms with Crippen molar-refractivity contribution >= 4 is 6.09 Å². The van der Waals surface area contributed by atoms with Crippen LogP contribution in [0.1, 0.15) is 32.6 Å². The number of nitrogens with zero attached hydrogens (tertiary/aromatic N) is 1. The van der Waals surface area contributed by atoms with Gasteiger partial charge in [-0.25, -0.2) is 4.79 Å². The van der Waals surface area contributed by atoms with Crippen LogP contribution in [0.2, 0.25) is 0 Å². The summed E-state index contributed by atoms with van der Waals surface area (Å²) in [5.74, 6) is 0. The van der Waals surface area contributed by atoms with Gasteiger partial charge in [0.15, 0.2) is 0 Å². The van der Waals surface area contributed by atoms with Crippen molar-refractivity contribution in [3.63, 3.8) is 0 Å². The maximum Gasteiger partial charge on any atom is 0.409 e. The summed E-state index contributed by atoms with van der Waals surface area (Å²) >= 11 is 0. The highest BCUT2D eigenvalue weighted by Gasteiger charge is 2.29. The van der Waals surface area contributed by atoms with Crippen molar-refractivity contribution < 1.29 is 14.6 Å². The van der Waals surface area contributed by atoms with Gasteiger partial charge in [0.25, 0.3) is 0 Å². The Morgan fingerprint density at radius 2 is 2.14 bits per heavy atom. The van der Waals surface area contributed by atoms with Crippen LogP contribution in [0, 0.1) is 0 Å². The molecule has 2 unspecified atom stereocenters. The van der Waals surface area contributed by atoms with Gasteiger partial charge in [-0.3, -0.25) is 0 Å². The van der Waals surface area contributed by atoms with Gasteiger partial charge in [-0.1, -0.05) is 12.8 Å². The third kappa shape index (κ3) is 2.61. The lowest BCUT2D eigenvalue weighted by molar-refractivity contribution is 0.0246. The van der Waals surface area contributed by atoms with Crippen LogP contribution in [0.5, 0.6) is 0 Å². The molecule has 1 N–H and O–H groups in total. The van der Waals surface area contributed by atoms with E-state index in [-0.39, 0.29) is 12.1 Å². The molecule has 0 saturated heterocycles. The van der Waals surface area contributed by atoms with Crippen molar-refractivity contribution in [2.75, 3.05) is 13.7 Å². The third-order valence-electron chi connectivity index (χ3n) is 2.75. The highest BCUT2D eigenvalue weighted by atomic mass is 16.6. The normalized spacial score (nSPS) is 27.1. The number of aliphatic hydroxyl groups is 1. The molecule has 4 nitrogen and oxygen atoms in total. The zero-order chi connectivity index (χ0) is 10.6. The Kier molecular flexibility index (Phi) is 4.20. The van der Waals surface area contributed by atoms with Gasteiger partial charge in [0.1, 0.15) is 0 Å². The van der Waals surface area contributed by atoms with Crippen LogP contribution in [-0.4, -0.2) is 41.9 Å². The fourth-order valence-corrected chi connectivity index (χ4v) is 1.90. The number of carbonyl (C=O) groups excluding carboxylic acids is 1. The van der Waals surface area contributed by atoms with E-state index in [2.05, 4.69) is 0 Å². The molecule has 82 valence electrons. The lowest BCUT2D eigenvalue weighted by Gasteiger charge is -2.34. The van der Waals surface area contributed by atoms with Crippen molar-refractivity contribution in [3.05, 3.63) is 0 Å². The maximum absolute atomic E-state index is 11.4. The molecule has 0 bridgehead atoms. The van der Waals surface area contributed by atoms with Crippen LogP contribution in [0.4, 0.5) is 4.79 Å². The molecule has 0 aromatic heterocycles. The average Bonchev–Trinajstić information content (AvgIpc) is 2.18. The van der Waals surface area contributed by atoms with Crippen LogP contribution >= 0.6 is 0 Å². The fourth-order valence-electron chi connectivity index (χ4n) is 1.90. The topological polar surface area (TPSA) is 49.8 Å². The molecule has 1 saturated carbocycles. The number of likely N-dealkylation sites (N-methyl/N-ethyl adjacent to an activating group) is 1. The summed E-state index contributed by atoms with van der Waals surface area (Å²) < 4.78 is 4.88. The van der Waals surface area contributed by atoms with Gasteiger partial charge in [-0.05, 0) is 19.8 Å². The number of hydrogen-bond acceptors (Lipinski definition) is 3. The highest BCUT2D eigenvalue weighted by Crippen LogP contribution is 2.22. The van der Waals surface area contributed by atoms with Gasteiger partial charge >= 0.3 is 6.09 Å². The van der Waals surface area contributed by atoms with Crippen molar-refractivity contribution in [2.45, 2.75) is 44.8 Å². The molecule has 0 aromatic carbocycles. The van der Waals surface area contributed by atoms with Crippen LogP contribution in [0.3, 0.4) is 0 Å². The van der Waals surface area contributed by atoms with Gasteiger partial charge in [0.2, 0.25) is 0 Å². The first-order valence-corrected chi connectivity index (χ1v) is 5.24. The molecule has 0 aliphatic heterocycles. The minimum absolute atomic E-state index is 0.0669. The lowest BCUT2D eigenvalue weighted by atomic mass is 9.92. The Hall–Kier alpha value is -0.770. The molecule has 0 spiro atoms. The monoisotopic (exact) mass is 201 g/mol. The van der Waals surface area contributed by atoms with Crippen LogP contribution < -0.4 is 0 Å². The van der Waals surface area contributed by atoms with Gasteiger partial charge < -0.3 is 14.7 Å². The second kappa shape index (κ2) is 5.20. The first-order valence-electron chi connectivity index (χ1n) is 5.24. The van der Waals surface area contributed by atoms with E-state index >= 15 is 0 Å². The largest absolute Gasteiger partial charge is 0.450 e. The SMILES string of the molecule is CCOC(=O)N(C)C1CCCCC1O. The third-order valence-corrected chi connectivity index (χ3v) is 2.75. The molecule has 2 atom stereocenters. The predicted molar refractivity (Wildman–Crippen MR) is 53.0 cm³/mol. The summed E-state index contributed by atoms with van der Waals surface area (Å²) in [5.41, 5.74) is 0. The number of rotatable bonds is 2. The van der Waals surface area contributed by atoms with Crippen LogP contribution in [0.25, 0.3) is 0 Å². The molecule has 0 aromatic rings. The highest BCUT2D eigenvalue weighted by molar-refractivity contribution is 5.67. The Balaban J connectivity index is 2.48. The Labute approximate surface area is 84.8 Å². The molecule has 1 aliphatic rings. The van der Waals surface area contributed by atoms with Gasteiger partial charge in [-0.15, -0.1) is 0 Å². The average molecular weight is 201 g/mol. The lowest BCUT2D eigenvalue weighted by Crippen LogP contribution is -2.46. The van der Waals surface area contributed by atoms with Crippen molar-refractivity contribution in [1.29, 1.82) is 0 Å². The number of hydrogen-bond donors (Lipinski definition) is 1. The molecule has 1 fully saturated rings. The molecular weight excluding hydrogens is 182 g/mol. The maximum atomic E-state index is 11.4. The summed E-state index contributed by atoms with van der Waals surface area (Å²) in [5, 5.41) is 9.71. The predicted octanol–water partition coefficient (Wildman–Crippen LogP) is 1.38. The van der Waals surface area contributed by atoms with E-state index in [0.717, 1.165) is 25.7 Å². The second-order valence-corrected chi connectivity index (χ2v) is 3.73. The quantitative estimate of drug-likeness (QED) is 0.734.